The first-order valence-electron chi connectivity index (χ1n) is 4.27. The summed E-state index contributed by atoms with van der Waals surface area (Å²) in [6, 6.07) is 1.93. The molecule has 0 aliphatic rings. The molecule has 0 heterocycles. The van der Waals surface area contributed by atoms with Gasteiger partial charge < -0.3 is 0 Å². The van der Waals surface area contributed by atoms with E-state index in [-0.39, 0.29) is 11.0 Å². The number of hydrogen-bond acceptors (Lipinski definition) is 2. The van der Waals surface area contributed by atoms with E-state index in [4.69, 9.17) is 0 Å². The zero-order valence-corrected chi connectivity index (χ0v) is 10.6. The summed E-state index contributed by atoms with van der Waals surface area (Å²) in [5.74, 6) is -1.98. The standard InChI is InChI=1S/C8H9BrF2N2O2S/c1-2-12-16(14,15)13-8-6(10)3-5(9)4-7(8)11/h3-4,12-13H,2H2,1H3. The van der Waals surface area contributed by atoms with Crippen LogP contribution in [0.4, 0.5) is 14.5 Å². The lowest BCUT2D eigenvalue weighted by Crippen LogP contribution is -2.30. The van der Waals surface area contributed by atoms with Gasteiger partial charge in [-0.3, -0.25) is 4.72 Å². The molecule has 16 heavy (non-hydrogen) atoms. The third-order valence-corrected chi connectivity index (χ3v) is 3.18. The molecule has 0 unspecified atom stereocenters. The summed E-state index contributed by atoms with van der Waals surface area (Å²) in [5.41, 5.74) is -0.704. The second kappa shape index (κ2) is 5.07. The van der Waals surface area contributed by atoms with E-state index < -0.39 is 27.5 Å². The van der Waals surface area contributed by atoms with Crippen molar-refractivity contribution in [3.63, 3.8) is 0 Å². The van der Waals surface area contributed by atoms with Gasteiger partial charge in [0.2, 0.25) is 0 Å². The third-order valence-electron chi connectivity index (χ3n) is 1.58. The molecule has 0 fully saturated rings. The zero-order valence-electron chi connectivity index (χ0n) is 8.22. The lowest BCUT2D eigenvalue weighted by atomic mass is 10.3. The molecule has 0 aliphatic heterocycles. The summed E-state index contributed by atoms with van der Waals surface area (Å²) < 4.78 is 53.0. The molecule has 1 aromatic rings. The molecule has 1 rings (SSSR count). The molecule has 0 saturated carbocycles. The van der Waals surface area contributed by atoms with E-state index in [9.17, 15) is 17.2 Å². The molecule has 0 saturated heterocycles. The van der Waals surface area contributed by atoms with Crippen LogP contribution in [0.2, 0.25) is 0 Å². The second-order valence-electron chi connectivity index (χ2n) is 2.85. The van der Waals surface area contributed by atoms with Gasteiger partial charge in [0.25, 0.3) is 10.2 Å². The fourth-order valence-electron chi connectivity index (χ4n) is 1.00. The monoisotopic (exact) mass is 314 g/mol. The van der Waals surface area contributed by atoms with Crippen LogP contribution < -0.4 is 9.44 Å². The van der Waals surface area contributed by atoms with Gasteiger partial charge in [-0.1, -0.05) is 22.9 Å². The van der Waals surface area contributed by atoms with Crippen molar-refractivity contribution < 1.29 is 17.2 Å². The predicted octanol–water partition coefficient (Wildman–Crippen LogP) is 1.99. The molecular weight excluding hydrogens is 306 g/mol. The van der Waals surface area contributed by atoms with Gasteiger partial charge in [-0.25, -0.2) is 8.78 Å². The highest BCUT2D eigenvalue weighted by molar-refractivity contribution is 9.10. The van der Waals surface area contributed by atoms with Crippen molar-refractivity contribution in [2.24, 2.45) is 0 Å². The first kappa shape index (κ1) is 13.3. The maximum atomic E-state index is 13.3. The summed E-state index contributed by atoms with van der Waals surface area (Å²) in [6.45, 7) is 1.67. The Balaban J connectivity index is 3.07. The third kappa shape index (κ3) is 3.39. The number of hydrogen-bond donors (Lipinski definition) is 2. The molecule has 0 amide bonds. The molecular formula is C8H9BrF2N2O2S. The van der Waals surface area contributed by atoms with Gasteiger partial charge in [-0.05, 0) is 12.1 Å². The molecule has 0 aliphatic carbocycles. The minimum Gasteiger partial charge on any atom is -0.265 e. The highest BCUT2D eigenvalue weighted by Gasteiger charge is 2.16. The van der Waals surface area contributed by atoms with Crippen LogP contribution in [0.1, 0.15) is 6.92 Å². The van der Waals surface area contributed by atoms with Gasteiger partial charge in [0, 0.05) is 11.0 Å². The largest absolute Gasteiger partial charge is 0.299 e. The van der Waals surface area contributed by atoms with Crippen LogP contribution in [0.3, 0.4) is 0 Å². The normalized spacial score (nSPS) is 11.5. The molecule has 0 atom stereocenters. The van der Waals surface area contributed by atoms with E-state index in [1.165, 1.54) is 0 Å². The summed E-state index contributed by atoms with van der Waals surface area (Å²) in [4.78, 5) is 0. The summed E-state index contributed by atoms with van der Waals surface area (Å²) in [7, 11) is -3.94. The van der Waals surface area contributed by atoms with Crippen LogP contribution in [0.5, 0.6) is 0 Å². The number of nitrogens with one attached hydrogen (secondary N) is 2. The number of anilines is 1. The first-order valence-corrected chi connectivity index (χ1v) is 6.55. The summed E-state index contributed by atoms with van der Waals surface area (Å²) in [6.07, 6.45) is 0. The Morgan fingerprint density at radius 2 is 1.81 bits per heavy atom. The van der Waals surface area contributed by atoms with Crippen molar-refractivity contribution in [1.82, 2.24) is 4.72 Å². The van der Waals surface area contributed by atoms with E-state index in [1.807, 2.05) is 0 Å². The highest BCUT2D eigenvalue weighted by atomic mass is 79.9. The van der Waals surface area contributed by atoms with Crippen molar-refractivity contribution in [3.8, 4) is 0 Å². The Hall–Kier alpha value is -0.730. The fourth-order valence-corrected chi connectivity index (χ4v) is 2.32. The molecule has 4 nitrogen and oxygen atoms in total. The zero-order chi connectivity index (χ0) is 12.3. The highest BCUT2D eigenvalue weighted by Crippen LogP contribution is 2.24. The Morgan fingerprint density at radius 3 is 2.25 bits per heavy atom. The average Bonchev–Trinajstić information content (AvgIpc) is 2.11. The quantitative estimate of drug-likeness (QED) is 0.893. The Morgan fingerprint density at radius 1 is 1.31 bits per heavy atom. The van der Waals surface area contributed by atoms with Gasteiger partial charge in [0.15, 0.2) is 11.6 Å². The number of benzene rings is 1. The minimum atomic E-state index is -3.94. The second-order valence-corrected chi connectivity index (χ2v) is 5.26. The molecule has 0 aromatic heterocycles. The average molecular weight is 315 g/mol. The van der Waals surface area contributed by atoms with E-state index in [1.54, 1.807) is 11.6 Å². The predicted molar refractivity (Wildman–Crippen MR) is 60.3 cm³/mol. The van der Waals surface area contributed by atoms with Crippen LogP contribution in [-0.4, -0.2) is 15.0 Å². The molecule has 1 aromatic carbocycles. The summed E-state index contributed by atoms with van der Waals surface area (Å²) >= 11 is 2.88. The molecule has 0 bridgehead atoms. The summed E-state index contributed by atoms with van der Waals surface area (Å²) in [5, 5.41) is 0. The van der Waals surface area contributed by atoms with E-state index in [0.717, 1.165) is 12.1 Å². The van der Waals surface area contributed by atoms with Gasteiger partial charge in [-0.2, -0.15) is 13.1 Å². The molecule has 0 radical (unpaired) electrons. The SMILES string of the molecule is CCNS(=O)(=O)Nc1c(F)cc(Br)cc1F. The van der Waals surface area contributed by atoms with Crippen molar-refractivity contribution in [2.75, 3.05) is 11.3 Å². The Kier molecular flexibility index (Phi) is 4.22. The van der Waals surface area contributed by atoms with Crippen LogP contribution in [0.15, 0.2) is 16.6 Å². The first-order chi connectivity index (χ1) is 7.35. The number of rotatable bonds is 4. The van der Waals surface area contributed by atoms with Crippen molar-refractivity contribution >= 4 is 31.8 Å². The van der Waals surface area contributed by atoms with Gasteiger partial charge in [0.1, 0.15) is 5.69 Å². The van der Waals surface area contributed by atoms with Gasteiger partial charge in [-0.15, -0.1) is 0 Å². The fraction of sp³-hybridized carbons (Fsp3) is 0.250. The van der Waals surface area contributed by atoms with Gasteiger partial charge in [0.05, 0.1) is 0 Å². The van der Waals surface area contributed by atoms with E-state index in [0.29, 0.717) is 0 Å². The van der Waals surface area contributed by atoms with E-state index in [2.05, 4.69) is 20.7 Å². The lowest BCUT2D eigenvalue weighted by Gasteiger charge is -2.09. The molecule has 0 spiro atoms. The van der Waals surface area contributed by atoms with Crippen LogP contribution in [0.25, 0.3) is 0 Å². The van der Waals surface area contributed by atoms with Crippen LogP contribution in [0, 0.1) is 11.6 Å². The Bertz CT molecular complexity index is 470. The number of halogens is 3. The van der Waals surface area contributed by atoms with Crippen molar-refractivity contribution in [2.45, 2.75) is 6.92 Å². The molecule has 2 N–H and O–H groups in total. The van der Waals surface area contributed by atoms with Crippen LogP contribution >= 0.6 is 15.9 Å². The maximum absolute atomic E-state index is 13.3. The Labute approximate surface area is 100 Å². The topological polar surface area (TPSA) is 58.2 Å². The molecule has 90 valence electrons. The molecule has 8 heteroatoms. The van der Waals surface area contributed by atoms with Crippen LogP contribution in [-0.2, 0) is 10.2 Å². The minimum absolute atomic E-state index is 0.120. The van der Waals surface area contributed by atoms with Gasteiger partial charge >= 0.3 is 0 Å². The lowest BCUT2D eigenvalue weighted by molar-refractivity contribution is 0.576. The maximum Gasteiger partial charge on any atom is 0.299 e. The van der Waals surface area contributed by atoms with Crippen molar-refractivity contribution in [3.05, 3.63) is 28.2 Å². The van der Waals surface area contributed by atoms with Crippen molar-refractivity contribution in [1.29, 1.82) is 0 Å². The van der Waals surface area contributed by atoms with E-state index >= 15 is 0 Å². The smallest absolute Gasteiger partial charge is 0.265 e.